The fourth-order valence-electron chi connectivity index (χ4n) is 4.19. The summed E-state index contributed by atoms with van der Waals surface area (Å²) in [5.41, 5.74) is 3.88. The molecule has 0 unspecified atom stereocenters. The van der Waals surface area contributed by atoms with Crippen molar-refractivity contribution in [3.8, 4) is 0 Å². The number of hydrogen-bond acceptors (Lipinski definition) is 3. The standard InChI is InChI=1S/C18H25N3O2S/c1-24(22,23)21-10-8-20(9-11-21)18-13-15(14-4-2-3-5-14)12-17-16(18)6-7-19-17/h6-7,12-14,19H,2-5,8-11H2,1H3. The minimum absolute atomic E-state index is 0.568. The van der Waals surface area contributed by atoms with Gasteiger partial charge < -0.3 is 9.88 Å². The normalized spacial score (nSPS) is 21.0. The second kappa shape index (κ2) is 6.08. The lowest BCUT2D eigenvalue weighted by Crippen LogP contribution is -2.48. The smallest absolute Gasteiger partial charge is 0.211 e. The molecule has 1 aromatic carbocycles. The van der Waals surface area contributed by atoms with Crippen LogP contribution in [-0.4, -0.2) is 50.1 Å². The number of aromatic amines is 1. The van der Waals surface area contributed by atoms with E-state index >= 15 is 0 Å². The summed E-state index contributed by atoms with van der Waals surface area (Å²) in [5, 5.41) is 1.24. The molecule has 6 heteroatoms. The Bertz CT molecular complexity index is 829. The molecule has 130 valence electrons. The molecule has 5 nitrogen and oxygen atoms in total. The topological polar surface area (TPSA) is 56.4 Å². The molecule has 4 rings (SSSR count). The van der Waals surface area contributed by atoms with E-state index in [0.717, 1.165) is 13.1 Å². The minimum atomic E-state index is -3.08. The van der Waals surface area contributed by atoms with Crippen molar-refractivity contribution in [1.82, 2.24) is 9.29 Å². The average Bonchev–Trinajstić information content (AvgIpc) is 3.24. The van der Waals surface area contributed by atoms with E-state index in [9.17, 15) is 8.42 Å². The van der Waals surface area contributed by atoms with E-state index in [4.69, 9.17) is 0 Å². The Kier molecular flexibility index (Phi) is 4.04. The molecule has 1 aliphatic carbocycles. The maximum Gasteiger partial charge on any atom is 0.211 e. The fourth-order valence-corrected chi connectivity index (χ4v) is 5.01. The quantitative estimate of drug-likeness (QED) is 0.929. The molecular weight excluding hydrogens is 322 g/mol. The summed E-state index contributed by atoms with van der Waals surface area (Å²) < 4.78 is 25.0. The van der Waals surface area contributed by atoms with Gasteiger partial charge in [0, 0.05) is 49.0 Å². The van der Waals surface area contributed by atoms with Gasteiger partial charge in [-0.2, -0.15) is 4.31 Å². The number of rotatable bonds is 3. The molecule has 2 aromatic rings. The number of fused-ring (bicyclic) bond motifs is 1. The van der Waals surface area contributed by atoms with E-state index < -0.39 is 10.0 Å². The van der Waals surface area contributed by atoms with Crippen LogP contribution < -0.4 is 4.90 Å². The van der Waals surface area contributed by atoms with Crippen molar-refractivity contribution in [2.45, 2.75) is 31.6 Å². The van der Waals surface area contributed by atoms with Gasteiger partial charge in [0.15, 0.2) is 0 Å². The average molecular weight is 347 g/mol. The molecular formula is C18H25N3O2S. The van der Waals surface area contributed by atoms with Crippen LogP contribution in [0.1, 0.15) is 37.2 Å². The van der Waals surface area contributed by atoms with Crippen molar-refractivity contribution >= 4 is 26.6 Å². The summed E-state index contributed by atoms with van der Waals surface area (Å²) in [6.07, 6.45) is 8.53. The zero-order valence-corrected chi connectivity index (χ0v) is 15.0. The van der Waals surface area contributed by atoms with E-state index in [1.54, 1.807) is 4.31 Å². The van der Waals surface area contributed by atoms with Crippen LogP contribution in [0, 0.1) is 0 Å². The number of benzene rings is 1. The van der Waals surface area contributed by atoms with E-state index in [-0.39, 0.29) is 0 Å². The van der Waals surface area contributed by atoms with Gasteiger partial charge in [0.2, 0.25) is 10.0 Å². The fraction of sp³-hybridized carbons (Fsp3) is 0.556. The third-order valence-electron chi connectivity index (χ3n) is 5.54. The molecule has 2 fully saturated rings. The summed E-state index contributed by atoms with van der Waals surface area (Å²) >= 11 is 0. The third-order valence-corrected chi connectivity index (χ3v) is 6.85. The van der Waals surface area contributed by atoms with E-state index in [1.165, 1.54) is 54.1 Å². The van der Waals surface area contributed by atoms with E-state index in [2.05, 4.69) is 28.1 Å². The van der Waals surface area contributed by atoms with Crippen LogP contribution in [0.25, 0.3) is 10.9 Å². The van der Waals surface area contributed by atoms with Gasteiger partial charge in [-0.3, -0.25) is 0 Å². The summed E-state index contributed by atoms with van der Waals surface area (Å²) in [7, 11) is -3.08. The Labute approximate surface area is 143 Å². The number of piperazine rings is 1. The molecule has 0 atom stereocenters. The van der Waals surface area contributed by atoms with Crippen LogP contribution in [0.15, 0.2) is 24.4 Å². The second-order valence-electron chi connectivity index (χ2n) is 7.11. The number of aromatic nitrogens is 1. The van der Waals surface area contributed by atoms with Crippen molar-refractivity contribution in [2.75, 3.05) is 37.3 Å². The molecule has 1 aliphatic heterocycles. The predicted molar refractivity (Wildman–Crippen MR) is 98.1 cm³/mol. The molecule has 2 heterocycles. The first kappa shape index (κ1) is 16.0. The highest BCUT2D eigenvalue weighted by Gasteiger charge is 2.26. The molecule has 1 saturated heterocycles. The first-order chi connectivity index (χ1) is 11.5. The lowest BCUT2D eigenvalue weighted by molar-refractivity contribution is 0.388. The van der Waals surface area contributed by atoms with Gasteiger partial charge in [0.05, 0.1) is 6.26 Å². The zero-order valence-electron chi connectivity index (χ0n) is 14.2. The Morgan fingerprint density at radius 2 is 1.79 bits per heavy atom. The van der Waals surface area contributed by atoms with Crippen LogP contribution in [0.2, 0.25) is 0 Å². The summed E-state index contributed by atoms with van der Waals surface area (Å²) in [4.78, 5) is 5.71. The van der Waals surface area contributed by atoms with Crippen molar-refractivity contribution in [3.63, 3.8) is 0 Å². The van der Waals surface area contributed by atoms with Crippen molar-refractivity contribution < 1.29 is 8.42 Å². The van der Waals surface area contributed by atoms with Crippen molar-refractivity contribution in [3.05, 3.63) is 30.0 Å². The lowest BCUT2D eigenvalue weighted by atomic mass is 9.95. The molecule has 0 amide bonds. The van der Waals surface area contributed by atoms with Crippen LogP contribution in [0.5, 0.6) is 0 Å². The number of nitrogens with one attached hydrogen (secondary N) is 1. The Morgan fingerprint density at radius 1 is 1.08 bits per heavy atom. The number of nitrogens with zero attached hydrogens (tertiary/aromatic N) is 2. The molecule has 24 heavy (non-hydrogen) atoms. The Balaban J connectivity index is 1.65. The molecule has 0 bridgehead atoms. The lowest BCUT2D eigenvalue weighted by Gasteiger charge is -2.35. The monoisotopic (exact) mass is 347 g/mol. The van der Waals surface area contributed by atoms with Gasteiger partial charge in [0.1, 0.15) is 0 Å². The highest BCUT2D eigenvalue weighted by Crippen LogP contribution is 2.38. The van der Waals surface area contributed by atoms with Gasteiger partial charge in [-0.05, 0) is 42.5 Å². The molecule has 1 aromatic heterocycles. The number of sulfonamides is 1. The molecule has 1 saturated carbocycles. The predicted octanol–water partition coefficient (Wildman–Crippen LogP) is 2.91. The highest BCUT2D eigenvalue weighted by molar-refractivity contribution is 7.88. The van der Waals surface area contributed by atoms with Gasteiger partial charge in [-0.25, -0.2) is 8.42 Å². The number of anilines is 1. The molecule has 0 spiro atoms. The van der Waals surface area contributed by atoms with Crippen molar-refractivity contribution in [2.24, 2.45) is 0 Å². The minimum Gasteiger partial charge on any atom is -0.368 e. The highest BCUT2D eigenvalue weighted by atomic mass is 32.2. The summed E-state index contributed by atoms with van der Waals surface area (Å²) in [6, 6.07) is 6.79. The number of H-pyrrole nitrogens is 1. The van der Waals surface area contributed by atoms with Crippen LogP contribution in [0.4, 0.5) is 5.69 Å². The van der Waals surface area contributed by atoms with Gasteiger partial charge in [-0.15, -0.1) is 0 Å². The van der Waals surface area contributed by atoms with Crippen LogP contribution >= 0.6 is 0 Å². The summed E-state index contributed by atoms with van der Waals surface area (Å²) in [6.45, 7) is 2.64. The zero-order chi connectivity index (χ0) is 16.7. The Morgan fingerprint density at radius 3 is 2.46 bits per heavy atom. The SMILES string of the molecule is CS(=O)(=O)N1CCN(c2cc(C3CCCC3)cc3[nH]ccc23)CC1. The molecule has 1 N–H and O–H groups in total. The van der Waals surface area contributed by atoms with E-state index in [1.807, 2.05) is 6.20 Å². The van der Waals surface area contributed by atoms with Crippen LogP contribution in [-0.2, 0) is 10.0 Å². The van der Waals surface area contributed by atoms with Gasteiger partial charge in [0.25, 0.3) is 0 Å². The van der Waals surface area contributed by atoms with Crippen molar-refractivity contribution in [1.29, 1.82) is 0 Å². The molecule has 0 radical (unpaired) electrons. The first-order valence-electron chi connectivity index (χ1n) is 8.83. The largest absolute Gasteiger partial charge is 0.368 e. The number of hydrogen-bond donors (Lipinski definition) is 1. The second-order valence-corrected chi connectivity index (χ2v) is 9.09. The third kappa shape index (κ3) is 2.93. The van der Waals surface area contributed by atoms with Gasteiger partial charge in [-0.1, -0.05) is 12.8 Å². The maximum atomic E-state index is 11.7. The first-order valence-corrected chi connectivity index (χ1v) is 10.7. The maximum absolute atomic E-state index is 11.7. The summed E-state index contributed by atoms with van der Waals surface area (Å²) in [5.74, 6) is 0.675. The Hall–Kier alpha value is -1.53. The van der Waals surface area contributed by atoms with Crippen LogP contribution in [0.3, 0.4) is 0 Å². The molecule has 2 aliphatic rings. The van der Waals surface area contributed by atoms with E-state index in [0.29, 0.717) is 19.0 Å². The van der Waals surface area contributed by atoms with Gasteiger partial charge >= 0.3 is 0 Å².